The van der Waals surface area contributed by atoms with E-state index in [0.717, 1.165) is 5.56 Å². The zero-order valence-electron chi connectivity index (χ0n) is 8.81. The first-order chi connectivity index (χ1) is 7.17. The van der Waals surface area contributed by atoms with E-state index in [-0.39, 0.29) is 0 Å². The average molecular weight is 231 g/mol. The summed E-state index contributed by atoms with van der Waals surface area (Å²) in [7, 11) is 3.00. The number of methoxy groups -OCH3 is 2. The number of aliphatic hydroxyl groups is 1. The molecule has 0 aliphatic rings. The number of hydrogen-bond acceptors (Lipinski definition) is 3. The molecule has 1 aromatic rings. The van der Waals surface area contributed by atoms with Crippen molar-refractivity contribution in [3.05, 3.63) is 34.9 Å². The largest absolute Gasteiger partial charge is 0.387 e. The summed E-state index contributed by atoms with van der Waals surface area (Å²) in [5.74, 6) is 0. The molecule has 1 rings (SSSR count). The smallest absolute Gasteiger partial charge is 0.183 e. The predicted octanol–water partition coefficient (Wildman–Crippen LogP) is 1.86. The second-order valence-electron chi connectivity index (χ2n) is 3.24. The van der Waals surface area contributed by atoms with Crippen LogP contribution >= 0.6 is 11.6 Å². The molecule has 15 heavy (non-hydrogen) atoms. The molecule has 1 unspecified atom stereocenters. The van der Waals surface area contributed by atoms with Crippen molar-refractivity contribution in [2.24, 2.45) is 0 Å². The first kappa shape index (κ1) is 12.5. The van der Waals surface area contributed by atoms with Crippen molar-refractivity contribution in [2.75, 3.05) is 14.2 Å². The highest BCUT2D eigenvalue weighted by atomic mass is 35.5. The van der Waals surface area contributed by atoms with Crippen molar-refractivity contribution in [2.45, 2.75) is 18.8 Å². The Labute approximate surface area is 94.6 Å². The molecular formula is C11H15ClO3. The molecule has 0 heterocycles. The van der Waals surface area contributed by atoms with Gasteiger partial charge in [-0.05, 0) is 17.7 Å². The number of ether oxygens (including phenoxy) is 2. The number of benzene rings is 1. The topological polar surface area (TPSA) is 38.7 Å². The average Bonchev–Trinajstić information content (AvgIpc) is 2.23. The molecule has 0 spiro atoms. The van der Waals surface area contributed by atoms with Crippen LogP contribution in [0.4, 0.5) is 0 Å². The third-order valence-electron chi connectivity index (χ3n) is 2.14. The summed E-state index contributed by atoms with van der Waals surface area (Å²) in [5.41, 5.74) is 0.992. The molecule has 0 amide bonds. The Balaban J connectivity index is 2.57. The Hall–Kier alpha value is -0.610. The molecule has 0 aliphatic carbocycles. The van der Waals surface area contributed by atoms with Crippen LogP contribution in [0.3, 0.4) is 0 Å². The second-order valence-corrected chi connectivity index (χ2v) is 3.67. The summed E-state index contributed by atoms with van der Waals surface area (Å²) in [5, 5.41) is 10.4. The maximum atomic E-state index is 9.75. The molecule has 0 radical (unpaired) electrons. The summed E-state index contributed by atoms with van der Waals surface area (Å²) >= 11 is 5.75. The van der Waals surface area contributed by atoms with E-state index in [1.54, 1.807) is 12.1 Å². The fourth-order valence-corrected chi connectivity index (χ4v) is 1.49. The minimum atomic E-state index is -0.679. The van der Waals surface area contributed by atoms with Crippen LogP contribution in [0.1, 0.15) is 5.56 Å². The van der Waals surface area contributed by atoms with Crippen LogP contribution in [0.15, 0.2) is 24.3 Å². The van der Waals surface area contributed by atoms with Crippen LogP contribution in [0.25, 0.3) is 0 Å². The number of rotatable bonds is 5. The van der Waals surface area contributed by atoms with E-state index in [1.807, 2.05) is 12.1 Å². The van der Waals surface area contributed by atoms with Gasteiger partial charge in [0.2, 0.25) is 0 Å². The highest BCUT2D eigenvalue weighted by Gasteiger charge is 2.17. The lowest BCUT2D eigenvalue weighted by Gasteiger charge is -2.19. The SMILES string of the molecule is COC(OC)C(O)Cc1ccc(Cl)cc1. The van der Waals surface area contributed by atoms with E-state index in [1.165, 1.54) is 14.2 Å². The second kappa shape index (κ2) is 6.08. The van der Waals surface area contributed by atoms with Crippen LogP contribution < -0.4 is 0 Å². The van der Waals surface area contributed by atoms with Gasteiger partial charge in [0.1, 0.15) is 6.10 Å². The molecule has 0 aliphatic heterocycles. The van der Waals surface area contributed by atoms with E-state index in [9.17, 15) is 5.11 Å². The van der Waals surface area contributed by atoms with Gasteiger partial charge in [-0.15, -0.1) is 0 Å². The summed E-state index contributed by atoms with van der Waals surface area (Å²) in [6, 6.07) is 7.32. The molecule has 0 saturated carbocycles. The van der Waals surface area contributed by atoms with Gasteiger partial charge in [0, 0.05) is 25.7 Å². The first-order valence-electron chi connectivity index (χ1n) is 4.65. The summed E-state index contributed by atoms with van der Waals surface area (Å²) in [6.45, 7) is 0. The van der Waals surface area contributed by atoms with Gasteiger partial charge in [-0.25, -0.2) is 0 Å². The van der Waals surface area contributed by atoms with Crippen molar-refractivity contribution >= 4 is 11.6 Å². The Bertz CT molecular complexity index is 282. The van der Waals surface area contributed by atoms with E-state index in [0.29, 0.717) is 11.4 Å². The minimum Gasteiger partial charge on any atom is -0.387 e. The molecule has 84 valence electrons. The highest BCUT2D eigenvalue weighted by Crippen LogP contribution is 2.13. The van der Waals surface area contributed by atoms with Gasteiger partial charge in [0.25, 0.3) is 0 Å². The fourth-order valence-electron chi connectivity index (χ4n) is 1.37. The Morgan fingerprint density at radius 2 is 1.73 bits per heavy atom. The summed E-state index contributed by atoms with van der Waals surface area (Å²) in [6.07, 6.45) is -0.800. The number of halogens is 1. The quantitative estimate of drug-likeness (QED) is 0.785. The molecule has 0 saturated heterocycles. The third-order valence-corrected chi connectivity index (χ3v) is 2.39. The zero-order valence-corrected chi connectivity index (χ0v) is 9.57. The van der Waals surface area contributed by atoms with Crippen molar-refractivity contribution in [1.29, 1.82) is 0 Å². The zero-order chi connectivity index (χ0) is 11.3. The molecule has 3 nitrogen and oxygen atoms in total. The van der Waals surface area contributed by atoms with Gasteiger partial charge in [-0.1, -0.05) is 23.7 Å². The molecule has 1 atom stereocenters. The number of hydrogen-bond donors (Lipinski definition) is 1. The lowest BCUT2D eigenvalue weighted by molar-refractivity contribution is -0.163. The lowest BCUT2D eigenvalue weighted by atomic mass is 10.1. The van der Waals surface area contributed by atoms with Crippen LogP contribution in [0.5, 0.6) is 0 Å². The first-order valence-corrected chi connectivity index (χ1v) is 5.03. The van der Waals surface area contributed by atoms with E-state index in [2.05, 4.69) is 0 Å². The summed E-state index contributed by atoms with van der Waals surface area (Å²) < 4.78 is 9.92. The van der Waals surface area contributed by atoms with Crippen molar-refractivity contribution < 1.29 is 14.6 Å². The normalized spacial score (nSPS) is 13.1. The standard InChI is InChI=1S/C11H15ClO3/c1-14-11(15-2)10(13)7-8-3-5-9(12)6-4-8/h3-6,10-11,13H,7H2,1-2H3. The van der Waals surface area contributed by atoms with E-state index >= 15 is 0 Å². The lowest BCUT2D eigenvalue weighted by Crippen LogP contribution is -2.31. The molecule has 1 N–H and O–H groups in total. The fraction of sp³-hybridized carbons (Fsp3) is 0.455. The number of aliphatic hydroxyl groups excluding tert-OH is 1. The molecule has 0 bridgehead atoms. The maximum Gasteiger partial charge on any atom is 0.183 e. The maximum absolute atomic E-state index is 9.75. The van der Waals surface area contributed by atoms with Crippen LogP contribution in [-0.2, 0) is 15.9 Å². The highest BCUT2D eigenvalue weighted by molar-refractivity contribution is 6.30. The Morgan fingerprint density at radius 3 is 2.20 bits per heavy atom. The summed E-state index contributed by atoms with van der Waals surface area (Å²) in [4.78, 5) is 0. The van der Waals surface area contributed by atoms with Gasteiger partial charge in [0.05, 0.1) is 0 Å². The van der Waals surface area contributed by atoms with Gasteiger partial charge < -0.3 is 14.6 Å². The molecule has 0 fully saturated rings. The molecule has 0 aromatic heterocycles. The van der Waals surface area contributed by atoms with Crippen LogP contribution in [-0.4, -0.2) is 31.7 Å². The van der Waals surface area contributed by atoms with Gasteiger partial charge in [-0.3, -0.25) is 0 Å². The van der Waals surface area contributed by atoms with Crippen molar-refractivity contribution in [3.8, 4) is 0 Å². The van der Waals surface area contributed by atoms with Crippen molar-refractivity contribution in [3.63, 3.8) is 0 Å². The van der Waals surface area contributed by atoms with E-state index < -0.39 is 12.4 Å². The Kier molecular flexibility index (Phi) is 5.05. The monoisotopic (exact) mass is 230 g/mol. The van der Waals surface area contributed by atoms with Crippen LogP contribution in [0.2, 0.25) is 5.02 Å². The molecule has 4 heteroatoms. The van der Waals surface area contributed by atoms with Gasteiger partial charge in [0.15, 0.2) is 6.29 Å². The van der Waals surface area contributed by atoms with Crippen molar-refractivity contribution in [1.82, 2.24) is 0 Å². The Morgan fingerprint density at radius 1 is 1.20 bits per heavy atom. The predicted molar refractivity (Wildman–Crippen MR) is 59.0 cm³/mol. The van der Waals surface area contributed by atoms with E-state index in [4.69, 9.17) is 21.1 Å². The minimum absolute atomic E-state index is 0.476. The van der Waals surface area contributed by atoms with Gasteiger partial charge >= 0.3 is 0 Å². The third kappa shape index (κ3) is 3.80. The van der Waals surface area contributed by atoms with Crippen LogP contribution in [0, 0.1) is 0 Å². The van der Waals surface area contributed by atoms with Gasteiger partial charge in [-0.2, -0.15) is 0 Å². The molecular weight excluding hydrogens is 216 g/mol. The molecule has 1 aromatic carbocycles.